The zero-order chi connectivity index (χ0) is 22.4. The highest BCUT2D eigenvalue weighted by atomic mass is 127. The Morgan fingerprint density at radius 1 is 1.16 bits per heavy atom. The fraction of sp³-hybridized carbons (Fsp3) is 0.478. The summed E-state index contributed by atoms with van der Waals surface area (Å²) < 4.78 is 13.4. The van der Waals surface area contributed by atoms with Gasteiger partial charge in [0, 0.05) is 63.0 Å². The van der Waals surface area contributed by atoms with Crippen molar-refractivity contribution in [1.29, 1.82) is 0 Å². The third-order valence-corrected chi connectivity index (χ3v) is 5.99. The monoisotopic (exact) mass is 574 g/mol. The van der Waals surface area contributed by atoms with Gasteiger partial charge in [-0.3, -0.25) is 4.99 Å². The first kappa shape index (κ1) is 26.6. The first-order valence-corrected chi connectivity index (χ1v) is 10.9. The van der Waals surface area contributed by atoms with Crippen molar-refractivity contribution in [2.24, 2.45) is 4.99 Å². The second-order valence-corrected chi connectivity index (χ2v) is 9.01. The van der Waals surface area contributed by atoms with Gasteiger partial charge in [0.1, 0.15) is 11.6 Å². The molecule has 2 heterocycles. The standard InChI is InChI=1S/C23H32ClFN6.HI/c1-23(2,19-6-5-18(25)14-20(19)24)16-29-22(26-3)28-15-17-7-8-27-21(13-17)31-11-9-30(4)10-12-31;/h5-8,13-14H,9-12,15-16H2,1-4H3,(H2,26,28,29);1H. The number of halogens is 3. The highest BCUT2D eigenvalue weighted by Gasteiger charge is 2.24. The molecule has 32 heavy (non-hydrogen) atoms. The molecule has 0 saturated carbocycles. The zero-order valence-electron chi connectivity index (χ0n) is 19.2. The number of nitrogens with one attached hydrogen (secondary N) is 2. The number of rotatable bonds is 6. The van der Waals surface area contributed by atoms with Crippen LogP contribution in [0.25, 0.3) is 0 Å². The fourth-order valence-corrected chi connectivity index (χ4v) is 4.05. The van der Waals surface area contributed by atoms with Crippen molar-refractivity contribution < 1.29 is 4.39 Å². The second kappa shape index (κ2) is 12.0. The first-order chi connectivity index (χ1) is 14.8. The minimum atomic E-state index is -0.330. The van der Waals surface area contributed by atoms with Crippen molar-refractivity contribution in [1.82, 2.24) is 20.5 Å². The summed E-state index contributed by atoms with van der Waals surface area (Å²) in [6, 6.07) is 8.69. The molecule has 0 amide bonds. The van der Waals surface area contributed by atoms with Crippen molar-refractivity contribution in [3.05, 3.63) is 58.5 Å². The summed E-state index contributed by atoms with van der Waals surface area (Å²) in [6.45, 7) is 9.45. The van der Waals surface area contributed by atoms with Crippen LogP contribution in [0.4, 0.5) is 10.2 Å². The molecule has 1 fully saturated rings. The molecule has 0 atom stereocenters. The summed E-state index contributed by atoms with van der Waals surface area (Å²) in [4.78, 5) is 13.5. The molecule has 3 rings (SSSR count). The van der Waals surface area contributed by atoms with Crippen LogP contribution in [0.15, 0.2) is 41.5 Å². The largest absolute Gasteiger partial charge is 0.356 e. The highest BCUT2D eigenvalue weighted by molar-refractivity contribution is 14.0. The quantitative estimate of drug-likeness (QED) is 0.312. The average molecular weight is 575 g/mol. The lowest BCUT2D eigenvalue weighted by Crippen LogP contribution is -2.45. The van der Waals surface area contributed by atoms with Gasteiger partial charge >= 0.3 is 0 Å². The molecule has 1 aromatic carbocycles. The molecule has 1 aliphatic rings. The number of pyridine rings is 1. The fourth-order valence-electron chi connectivity index (χ4n) is 3.62. The van der Waals surface area contributed by atoms with Gasteiger partial charge < -0.3 is 20.4 Å². The maximum atomic E-state index is 13.4. The van der Waals surface area contributed by atoms with Crippen LogP contribution in [0.3, 0.4) is 0 Å². The maximum absolute atomic E-state index is 13.4. The molecule has 1 aromatic heterocycles. The second-order valence-electron chi connectivity index (χ2n) is 8.60. The van der Waals surface area contributed by atoms with E-state index in [2.05, 4.69) is 57.4 Å². The minimum absolute atomic E-state index is 0. The van der Waals surface area contributed by atoms with Crippen LogP contribution < -0.4 is 15.5 Å². The molecule has 0 radical (unpaired) electrons. The van der Waals surface area contributed by atoms with Crippen molar-refractivity contribution >= 4 is 47.4 Å². The van der Waals surface area contributed by atoms with Gasteiger partial charge in [-0.1, -0.05) is 31.5 Å². The third-order valence-electron chi connectivity index (χ3n) is 5.68. The normalized spacial score (nSPS) is 15.3. The number of benzene rings is 1. The zero-order valence-corrected chi connectivity index (χ0v) is 22.2. The maximum Gasteiger partial charge on any atom is 0.191 e. The molecule has 1 saturated heterocycles. The average Bonchev–Trinajstić information content (AvgIpc) is 2.74. The van der Waals surface area contributed by atoms with Gasteiger partial charge in [-0.15, -0.1) is 24.0 Å². The van der Waals surface area contributed by atoms with E-state index in [0.29, 0.717) is 24.1 Å². The van der Waals surface area contributed by atoms with E-state index in [1.165, 1.54) is 12.1 Å². The SMILES string of the molecule is CN=C(NCc1ccnc(N2CCN(C)CC2)c1)NCC(C)(C)c1ccc(F)cc1Cl.I. The van der Waals surface area contributed by atoms with Gasteiger partial charge in [-0.2, -0.15) is 0 Å². The Morgan fingerprint density at radius 2 is 1.88 bits per heavy atom. The Hall–Kier alpha value is -1.65. The predicted molar refractivity (Wildman–Crippen MR) is 142 cm³/mol. The van der Waals surface area contributed by atoms with E-state index in [4.69, 9.17) is 11.6 Å². The lowest BCUT2D eigenvalue weighted by atomic mass is 9.84. The van der Waals surface area contributed by atoms with Crippen LogP contribution in [0, 0.1) is 5.82 Å². The minimum Gasteiger partial charge on any atom is -0.356 e. The topological polar surface area (TPSA) is 55.8 Å². The van der Waals surface area contributed by atoms with E-state index in [1.54, 1.807) is 13.1 Å². The molecular formula is C23H33ClFIN6. The van der Waals surface area contributed by atoms with Gasteiger partial charge in [0.15, 0.2) is 5.96 Å². The Morgan fingerprint density at radius 3 is 2.53 bits per heavy atom. The van der Waals surface area contributed by atoms with Crippen LogP contribution in [0.2, 0.25) is 5.02 Å². The van der Waals surface area contributed by atoms with E-state index in [-0.39, 0.29) is 35.2 Å². The van der Waals surface area contributed by atoms with Crippen molar-refractivity contribution in [2.75, 3.05) is 51.7 Å². The van der Waals surface area contributed by atoms with Gasteiger partial charge in [-0.05, 0) is 42.4 Å². The number of anilines is 1. The number of aromatic nitrogens is 1. The van der Waals surface area contributed by atoms with Crippen LogP contribution >= 0.6 is 35.6 Å². The Kier molecular flexibility index (Phi) is 9.97. The number of aliphatic imine (C=N–C) groups is 1. The Balaban J connectivity index is 0.00000363. The summed E-state index contributed by atoms with van der Waals surface area (Å²) in [7, 11) is 3.89. The molecule has 9 heteroatoms. The molecule has 0 bridgehead atoms. The molecular weight excluding hydrogens is 542 g/mol. The van der Waals surface area contributed by atoms with Crippen LogP contribution in [0.5, 0.6) is 0 Å². The van der Waals surface area contributed by atoms with E-state index < -0.39 is 0 Å². The van der Waals surface area contributed by atoms with Gasteiger partial charge in [0.2, 0.25) is 0 Å². The molecule has 0 unspecified atom stereocenters. The summed E-state index contributed by atoms with van der Waals surface area (Å²) in [5.41, 5.74) is 1.74. The summed E-state index contributed by atoms with van der Waals surface area (Å²) >= 11 is 6.27. The molecule has 0 spiro atoms. The number of hydrogen-bond acceptors (Lipinski definition) is 4. The van der Waals surface area contributed by atoms with E-state index in [9.17, 15) is 4.39 Å². The smallest absolute Gasteiger partial charge is 0.191 e. The summed E-state index contributed by atoms with van der Waals surface area (Å²) in [5.74, 6) is 1.38. The van der Waals surface area contributed by atoms with Crippen LogP contribution in [-0.2, 0) is 12.0 Å². The van der Waals surface area contributed by atoms with Crippen LogP contribution in [-0.4, -0.2) is 62.7 Å². The number of likely N-dealkylation sites (N-methyl/N-ethyl adjacent to an activating group) is 1. The predicted octanol–water partition coefficient (Wildman–Crippen LogP) is 3.89. The third kappa shape index (κ3) is 7.18. The van der Waals surface area contributed by atoms with Crippen molar-refractivity contribution in [3.63, 3.8) is 0 Å². The number of nitrogens with zero attached hydrogens (tertiary/aromatic N) is 4. The van der Waals surface area contributed by atoms with Gasteiger partial charge in [0.25, 0.3) is 0 Å². The molecule has 0 aliphatic carbocycles. The van der Waals surface area contributed by atoms with E-state index in [1.807, 2.05) is 12.3 Å². The first-order valence-electron chi connectivity index (χ1n) is 10.6. The summed E-state index contributed by atoms with van der Waals surface area (Å²) in [6.07, 6.45) is 1.86. The molecule has 2 aromatic rings. The lowest BCUT2D eigenvalue weighted by Gasteiger charge is -2.33. The molecule has 6 nitrogen and oxygen atoms in total. The van der Waals surface area contributed by atoms with Crippen molar-refractivity contribution in [2.45, 2.75) is 25.8 Å². The van der Waals surface area contributed by atoms with Gasteiger partial charge in [-0.25, -0.2) is 9.37 Å². The molecule has 176 valence electrons. The van der Waals surface area contributed by atoms with Crippen LogP contribution in [0.1, 0.15) is 25.0 Å². The number of hydrogen-bond donors (Lipinski definition) is 2. The molecule has 1 aliphatic heterocycles. The lowest BCUT2D eigenvalue weighted by molar-refractivity contribution is 0.312. The highest BCUT2D eigenvalue weighted by Crippen LogP contribution is 2.29. The number of guanidine groups is 1. The Labute approximate surface area is 212 Å². The molecule has 2 N–H and O–H groups in total. The van der Waals surface area contributed by atoms with E-state index in [0.717, 1.165) is 43.1 Å². The number of piperazine rings is 1. The Bertz CT molecular complexity index is 915. The van der Waals surface area contributed by atoms with Crippen molar-refractivity contribution in [3.8, 4) is 0 Å². The summed E-state index contributed by atoms with van der Waals surface area (Å²) in [5, 5.41) is 7.15. The van der Waals surface area contributed by atoms with E-state index >= 15 is 0 Å². The van der Waals surface area contributed by atoms with Gasteiger partial charge in [0.05, 0.1) is 0 Å².